The fourth-order valence-electron chi connectivity index (χ4n) is 3.93. The summed E-state index contributed by atoms with van der Waals surface area (Å²) >= 11 is 1.46. The normalized spacial score (nSPS) is 15.2. The summed E-state index contributed by atoms with van der Waals surface area (Å²) in [6, 6.07) is 14.3. The number of thiazole rings is 1. The summed E-state index contributed by atoms with van der Waals surface area (Å²) in [6.45, 7) is 4.03. The first-order valence-electron chi connectivity index (χ1n) is 11.1. The molecule has 2 heterocycles. The highest BCUT2D eigenvalue weighted by Gasteiger charge is 2.32. The molecule has 34 heavy (non-hydrogen) atoms. The molecule has 1 saturated heterocycles. The number of aryl methyl sites for hydroxylation is 1. The summed E-state index contributed by atoms with van der Waals surface area (Å²) in [5, 5.41) is 3.46. The Morgan fingerprint density at radius 2 is 1.71 bits per heavy atom. The van der Waals surface area contributed by atoms with Crippen LogP contribution in [-0.4, -0.2) is 42.5 Å². The number of benzene rings is 2. The Morgan fingerprint density at radius 3 is 2.32 bits per heavy atom. The summed E-state index contributed by atoms with van der Waals surface area (Å²) in [7, 11) is -3.66. The quantitative estimate of drug-likeness (QED) is 0.492. The van der Waals surface area contributed by atoms with Gasteiger partial charge in [-0.15, -0.1) is 11.3 Å². The van der Waals surface area contributed by atoms with Crippen LogP contribution >= 0.6 is 11.3 Å². The number of piperidine rings is 1. The Balaban J connectivity index is 1.31. The Bertz CT molecular complexity index is 1270. The molecule has 0 unspecified atom stereocenters. The van der Waals surface area contributed by atoms with Gasteiger partial charge in [-0.1, -0.05) is 42.0 Å². The summed E-state index contributed by atoms with van der Waals surface area (Å²) in [4.78, 5) is 29.7. The second-order valence-corrected chi connectivity index (χ2v) is 11.6. The molecule has 178 valence electrons. The van der Waals surface area contributed by atoms with Crippen LogP contribution in [0.2, 0.25) is 0 Å². The molecule has 1 aromatic heterocycles. The summed E-state index contributed by atoms with van der Waals surface area (Å²) < 4.78 is 27.3. The van der Waals surface area contributed by atoms with Crippen LogP contribution < -0.4 is 5.32 Å². The van der Waals surface area contributed by atoms with Gasteiger partial charge >= 0.3 is 0 Å². The number of sulfonamides is 1. The number of ketones is 1. The summed E-state index contributed by atoms with van der Waals surface area (Å²) in [5.41, 5.74) is 2.88. The predicted octanol–water partition coefficient (Wildman–Crippen LogP) is 4.28. The van der Waals surface area contributed by atoms with Crippen LogP contribution in [0, 0.1) is 12.8 Å². The van der Waals surface area contributed by atoms with E-state index in [1.54, 1.807) is 6.20 Å². The second-order valence-electron chi connectivity index (χ2n) is 8.54. The van der Waals surface area contributed by atoms with Gasteiger partial charge in [-0.25, -0.2) is 13.4 Å². The lowest BCUT2D eigenvalue weighted by molar-refractivity contribution is -0.120. The molecule has 0 atom stereocenters. The van der Waals surface area contributed by atoms with E-state index in [0.29, 0.717) is 23.5 Å². The lowest BCUT2D eigenvalue weighted by Gasteiger charge is -2.30. The van der Waals surface area contributed by atoms with E-state index in [1.165, 1.54) is 58.0 Å². The van der Waals surface area contributed by atoms with Crippen molar-refractivity contribution in [2.24, 2.45) is 5.92 Å². The third-order valence-corrected chi connectivity index (χ3v) is 8.83. The van der Waals surface area contributed by atoms with Crippen molar-refractivity contribution >= 4 is 38.2 Å². The van der Waals surface area contributed by atoms with Gasteiger partial charge in [0.15, 0.2) is 10.9 Å². The zero-order valence-electron chi connectivity index (χ0n) is 19.2. The van der Waals surface area contributed by atoms with Crippen LogP contribution in [0.4, 0.5) is 5.13 Å². The third kappa shape index (κ3) is 5.60. The van der Waals surface area contributed by atoms with Gasteiger partial charge in [0.25, 0.3) is 0 Å². The van der Waals surface area contributed by atoms with Crippen molar-refractivity contribution in [2.45, 2.75) is 38.0 Å². The first kappa shape index (κ1) is 24.3. The van der Waals surface area contributed by atoms with Crippen LogP contribution in [0.5, 0.6) is 0 Å². The van der Waals surface area contributed by atoms with Gasteiger partial charge in [-0.2, -0.15) is 4.31 Å². The molecule has 1 aliphatic heterocycles. The first-order valence-corrected chi connectivity index (χ1v) is 13.4. The van der Waals surface area contributed by atoms with Crippen LogP contribution in [0.1, 0.15) is 46.1 Å². The fourth-order valence-corrected chi connectivity index (χ4v) is 6.25. The van der Waals surface area contributed by atoms with E-state index in [1.807, 2.05) is 0 Å². The highest BCUT2D eigenvalue weighted by molar-refractivity contribution is 7.89. The molecule has 0 spiro atoms. The van der Waals surface area contributed by atoms with Crippen LogP contribution in [0.15, 0.2) is 59.6 Å². The average molecular weight is 498 g/mol. The van der Waals surface area contributed by atoms with Gasteiger partial charge in [0.2, 0.25) is 15.9 Å². The maximum atomic E-state index is 12.9. The number of nitrogens with zero attached hydrogens (tertiary/aromatic N) is 2. The van der Waals surface area contributed by atoms with E-state index >= 15 is 0 Å². The Hall–Kier alpha value is -2.88. The number of hydrogen-bond acceptors (Lipinski definition) is 6. The number of rotatable bonds is 7. The maximum absolute atomic E-state index is 12.9. The molecule has 0 saturated carbocycles. The largest absolute Gasteiger partial charge is 0.302 e. The second kappa shape index (κ2) is 10.2. The van der Waals surface area contributed by atoms with Gasteiger partial charge in [-0.3, -0.25) is 9.59 Å². The molecule has 9 heteroatoms. The molecule has 3 aromatic rings. The first-order chi connectivity index (χ1) is 16.2. The smallest absolute Gasteiger partial charge is 0.243 e. The predicted molar refractivity (Wildman–Crippen MR) is 133 cm³/mol. The molecule has 7 nitrogen and oxygen atoms in total. The Morgan fingerprint density at radius 1 is 1.06 bits per heavy atom. The lowest BCUT2D eigenvalue weighted by atomic mass is 9.97. The average Bonchev–Trinajstić information content (AvgIpc) is 3.27. The minimum atomic E-state index is -3.66. The molecular weight excluding hydrogens is 470 g/mol. The van der Waals surface area contributed by atoms with Gasteiger partial charge in [0, 0.05) is 42.1 Å². The number of carbonyl (C=O) groups is 2. The summed E-state index contributed by atoms with van der Waals surface area (Å²) in [6.07, 6.45) is 3.43. The van der Waals surface area contributed by atoms with Crippen molar-refractivity contribution < 1.29 is 18.0 Å². The zero-order valence-corrected chi connectivity index (χ0v) is 20.8. The topological polar surface area (TPSA) is 96.4 Å². The molecule has 1 aliphatic rings. The van der Waals surface area contributed by atoms with Gasteiger partial charge in [0.05, 0.1) is 4.90 Å². The molecule has 0 bridgehead atoms. The zero-order chi connectivity index (χ0) is 24.3. The Labute approximate surface area is 203 Å². The number of Topliss-reactive ketones (excluding diaryl/α,β-unsaturated/α-hetero) is 1. The number of nitrogens with one attached hydrogen (secondary N) is 1. The van der Waals surface area contributed by atoms with Gasteiger partial charge < -0.3 is 5.32 Å². The number of hydrogen-bond donors (Lipinski definition) is 1. The van der Waals surface area contributed by atoms with Crippen molar-refractivity contribution in [3.63, 3.8) is 0 Å². The third-order valence-electron chi connectivity index (χ3n) is 6.01. The minimum absolute atomic E-state index is 0.113. The van der Waals surface area contributed by atoms with Crippen molar-refractivity contribution in [3.8, 4) is 0 Å². The van der Waals surface area contributed by atoms with E-state index in [0.717, 1.165) is 11.3 Å². The van der Waals surface area contributed by atoms with E-state index in [-0.39, 0.29) is 35.6 Å². The molecule has 0 aliphatic carbocycles. The van der Waals surface area contributed by atoms with Crippen LogP contribution in [0.3, 0.4) is 0 Å². The highest BCUT2D eigenvalue weighted by Crippen LogP contribution is 2.27. The Kier molecular flexibility index (Phi) is 7.25. The number of anilines is 1. The van der Waals surface area contributed by atoms with E-state index in [2.05, 4.69) is 41.5 Å². The van der Waals surface area contributed by atoms with Crippen molar-refractivity contribution in [1.29, 1.82) is 0 Å². The maximum Gasteiger partial charge on any atom is 0.243 e. The molecule has 4 rings (SSSR count). The molecule has 1 fully saturated rings. The molecule has 1 N–H and O–H groups in total. The van der Waals surface area contributed by atoms with Crippen molar-refractivity contribution in [3.05, 3.63) is 76.3 Å². The fraction of sp³-hybridized carbons (Fsp3) is 0.320. The van der Waals surface area contributed by atoms with Gasteiger partial charge in [0.1, 0.15) is 0 Å². The summed E-state index contributed by atoms with van der Waals surface area (Å²) in [5.74, 6) is -0.506. The van der Waals surface area contributed by atoms with E-state index < -0.39 is 10.0 Å². The van der Waals surface area contributed by atoms with E-state index in [9.17, 15) is 18.0 Å². The van der Waals surface area contributed by atoms with Crippen molar-refractivity contribution in [1.82, 2.24) is 9.29 Å². The minimum Gasteiger partial charge on any atom is -0.302 e. The van der Waals surface area contributed by atoms with Gasteiger partial charge in [-0.05, 0) is 44.4 Å². The lowest BCUT2D eigenvalue weighted by Crippen LogP contribution is -2.41. The van der Waals surface area contributed by atoms with Crippen LogP contribution in [-0.2, 0) is 21.2 Å². The molecule has 2 aromatic carbocycles. The van der Waals surface area contributed by atoms with Crippen LogP contribution in [0.25, 0.3) is 0 Å². The monoisotopic (exact) mass is 497 g/mol. The highest BCUT2D eigenvalue weighted by atomic mass is 32.2. The number of carbonyl (C=O) groups excluding carboxylic acids is 2. The number of aromatic nitrogens is 1. The van der Waals surface area contributed by atoms with E-state index in [4.69, 9.17) is 0 Å². The standard InChI is InChI=1S/C25H27N3O4S2/c1-17-3-5-19(6-4-17)15-22-16-26-25(33-22)27-24(30)21-11-13-28(14-12-21)34(31,32)23-9-7-20(8-10-23)18(2)29/h3-10,16,21H,11-15H2,1-2H3,(H,26,27,30). The number of amides is 1. The van der Waals surface area contributed by atoms with Crippen molar-refractivity contribution in [2.75, 3.05) is 18.4 Å². The molecular formula is C25H27N3O4S2. The molecule has 1 amide bonds. The molecule has 0 radical (unpaired) electrons. The SMILES string of the molecule is CC(=O)c1ccc(S(=O)(=O)N2CCC(C(=O)Nc3ncc(Cc4ccc(C)cc4)s3)CC2)cc1.